The minimum atomic E-state index is -3.58. The molecule has 1 atom stereocenters. The predicted molar refractivity (Wildman–Crippen MR) is 123 cm³/mol. The number of benzene rings is 1. The van der Waals surface area contributed by atoms with Crippen LogP contribution in [0.2, 0.25) is 0 Å². The van der Waals surface area contributed by atoms with Crippen molar-refractivity contribution < 1.29 is 22.3 Å². The van der Waals surface area contributed by atoms with Crippen LogP contribution in [0.1, 0.15) is 67.3 Å². The second-order valence-electron chi connectivity index (χ2n) is 8.69. The molecule has 0 saturated heterocycles. The number of pyridine rings is 1. The van der Waals surface area contributed by atoms with Gasteiger partial charge in [0, 0.05) is 23.6 Å². The summed E-state index contributed by atoms with van der Waals surface area (Å²) >= 11 is 0. The van der Waals surface area contributed by atoms with Crippen LogP contribution in [-0.2, 0) is 21.2 Å². The molecular formula is C24H31FN2O4S. The fraction of sp³-hybridized carbons (Fsp3) is 0.500. The Bertz CT molecular complexity index is 1100. The van der Waals surface area contributed by atoms with Gasteiger partial charge in [0.15, 0.2) is 0 Å². The second kappa shape index (κ2) is 9.98. The summed E-state index contributed by atoms with van der Waals surface area (Å²) in [7, 11) is -3.58. The molecule has 0 bridgehead atoms. The molecule has 0 radical (unpaired) electrons. The van der Waals surface area contributed by atoms with Crippen molar-refractivity contribution in [3.05, 3.63) is 52.5 Å². The van der Waals surface area contributed by atoms with Crippen LogP contribution >= 0.6 is 0 Å². The third kappa shape index (κ3) is 6.28. The summed E-state index contributed by atoms with van der Waals surface area (Å²) in [4.78, 5) is 17.5. The SMILES string of the molecule is Cc1cc(C)c(CCC(=O)C(C)c2ccc(NS(C)(=O)=O)c(F)c2)c(OC2CCCC2)n1. The van der Waals surface area contributed by atoms with Gasteiger partial charge in [-0.15, -0.1) is 0 Å². The molecule has 3 rings (SSSR count). The van der Waals surface area contributed by atoms with E-state index in [1.807, 2.05) is 19.9 Å². The normalized spacial score (nSPS) is 15.5. The minimum Gasteiger partial charge on any atom is -0.474 e. The summed E-state index contributed by atoms with van der Waals surface area (Å²) in [5, 5.41) is 0. The molecule has 1 aromatic heterocycles. The van der Waals surface area contributed by atoms with Crippen molar-refractivity contribution in [2.24, 2.45) is 0 Å². The lowest BCUT2D eigenvalue weighted by atomic mass is 9.92. The Morgan fingerprint density at radius 3 is 2.56 bits per heavy atom. The van der Waals surface area contributed by atoms with Gasteiger partial charge >= 0.3 is 0 Å². The fourth-order valence-electron chi connectivity index (χ4n) is 4.13. The first-order valence-corrected chi connectivity index (χ1v) is 12.9. The Balaban J connectivity index is 1.70. The van der Waals surface area contributed by atoms with Crippen LogP contribution in [-0.4, -0.2) is 31.5 Å². The molecule has 1 N–H and O–H groups in total. The highest BCUT2D eigenvalue weighted by molar-refractivity contribution is 7.92. The van der Waals surface area contributed by atoms with Crippen molar-refractivity contribution in [3.63, 3.8) is 0 Å². The van der Waals surface area contributed by atoms with Crippen LogP contribution in [0.5, 0.6) is 5.88 Å². The maximum absolute atomic E-state index is 14.3. The highest BCUT2D eigenvalue weighted by Crippen LogP contribution is 2.30. The number of aryl methyl sites for hydroxylation is 2. The molecule has 2 aromatic rings. The Hall–Kier alpha value is -2.48. The van der Waals surface area contributed by atoms with E-state index in [9.17, 15) is 17.6 Å². The zero-order chi connectivity index (χ0) is 23.5. The summed E-state index contributed by atoms with van der Waals surface area (Å²) in [6, 6.07) is 6.13. The maximum Gasteiger partial charge on any atom is 0.229 e. The summed E-state index contributed by atoms with van der Waals surface area (Å²) in [6.45, 7) is 5.67. The summed E-state index contributed by atoms with van der Waals surface area (Å²) in [6.07, 6.45) is 6.29. The molecule has 32 heavy (non-hydrogen) atoms. The number of carbonyl (C=O) groups excluding carboxylic acids is 1. The van der Waals surface area contributed by atoms with Crippen LogP contribution < -0.4 is 9.46 Å². The smallest absolute Gasteiger partial charge is 0.229 e. The number of halogens is 1. The molecule has 0 amide bonds. The van der Waals surface area contributed by atoms with Crippen molar-refractivity contribution in [2.75, 3.05) is 11.0 Å². The molecule has 1 heterocycles. The van der Waals surface area contributed by atoms with Crippen molar-refractivity contribution >= 4 is 21.5 Å². The molecule has 1 saturated carbocycles. The Morgan fingerprint density at radius 1 is 1.25 bits per heavy atom. The quantitative estimate of drug-likeness (QED) is 0.577. The number of rotatable bonds is 9. The number of carbonyl (C=O) groups is 1. The fourth-order valence-corrected chi connectivity index (χ4v) is 4.69. The van der Waals surface area contributed by atoms with E-state index in [0.29, 0.717) is 17.9 Å². The van der Waals surface area contributed by atoms with E-state index in [1.54, 1.807) is 13.0 Å². The predicted octanol–water partition coefficient (Wildman–Crippen LogP) is 4.84. The molecule has 1 unspecified atom stereocenters. The maximum atomic E-state index is 14.3. The molecular weight excluding hydrogens is 431 g/mol. The highest BCUT2D eigenvalue weighted by atomic mass is 32.2. The van der Waals surface area contributed by atoms with Crippen molar-refractivity contribution in [1.82, 2.24) is 4.98 Å². The second-order valence-corrected chi connectivity index (χ2v) is 10.4. The van der Waals surface area contributed by atoms with Crippen molar-refractivity contribution in [1.29, 1.82) is 0 Å². The van der Waals surface area contributed by atoms with E-state index in [4.69, 9.17) is 4.74 Å². The molecule has 0 aliphatic heterocycles. The van der Waals surface area contributed by atoms with Crippen LogP contribution in [0.15, 0.2) is 24.3 Å². The number of aromatic nitrogens is 1. The molecule has 1 aromatic carbocycles. The van der Waals surface area contributed by atoms with Crippen molar-refractivity contribution in [2.45, 2.75) is 71.3 Å². The zero-order valence-corrected chi connectivity index (χ0v) is 19.9. The Labute approximate surface area is 189 Å². The molecule has 1 fully saturated rings. The minimum absolute atomic E-state index is 0.0278. The summed E-state index contributed by atoms with van der Waals surface area (Å²) in [5.41, 5.74) is 3.26. The van der Waals surface area contributed by atoms with Gasteiger partial charge in [-0.05, 0) is 75.3 Å². The molecule has 1 aliphatic rings. The number of Topliss-reactive ketones (excluding diaryl/α,β-unsaturated/α-hetero) is 1. The Morgan fingerprint density at radius 2 is 1.94 bits per heavy atom. The number of hydrogen-bond acceptors (Lipinski definition) is 5. The topological polar surface area (TPSA) is 85.4 Å². The standard InChI is InChI=1S/C24H31FN2O4S/c1-15-13-16(2)26-24(31-19-7-5-6-8-19)20(15)10-12-23(28)17(3)18-9-11-22(21(25)14-18)27-32(4,29)30/h9,11,13-14,17,19,27H,5-8,10,12H2,1-4H3. The van der Waals surface area contributed by atoms with E-state index in [2.05, 4.69) is 9.71 Å². The van der Waals surface area contributed by atoms with Crippen molar-refractivity contribution in [3.8, 4) is 5.88 Å². The van der Waals surface area contributed by atoms with Gasteiger partial charge < -0.3 is 4.74 Å². The van der Waals surface area contributed by atoms with Gasteiger partial charge in [0.05, 0.1) is 11.9 Å². The van der Waals surface area contributed by atoms with Crippen LogP contribution in [0.4, 0.5) is 10.1 Å². The van der Waals surface area contributed by atoms with E-state index in [0.717, 1.165) is 48.8 Å². The molecule has 174 valence electrons. The summed E-state index contributed by atoms with van der Waals surface area (Å²) in [5.74, 6) is -0.634. The van der Waals surface area contributed by atoms with Gasteiger partial charge in [0.1, 0.15) is 17.7 Å². The summed E-state index contributed by atoms with van der Waals surface area (Å²) < 4.78 is 45.3. The van der Waals surface area contributed by atoms with E-state index < -0.39 is 21.8 Å². The lowest BCUT2D eigenvalue weighted by Gasteiger charge is -2.18. The van der Waals surface area contributed by atoms with E-state index in [-0.39, 0.29) is 24.0 Å². The third-order valence-corrected chi connectivity index (χ3v) is 6.50. The van der Waals surface area contributed by atoms with Crippen LogP contribution in [0.25, 0.3) is 0 Å². The zero-order valence-electron chi connectivity index (χ0n) is 19.1. The highest BCUT2D eigenvalue weighted by Gasteiger charge is 2.22. The number of ketones is 1. The largest absolute Gasteiger partial charge is 0.474 e. The molecule has 6 nitrogen and oxygen atoms in total. The number of anilines is 1. The Kier molecular flexibility index (Phi) is 7.54. The molecule has 0 spiro atoms. The monoisotopic (exact) mass is 462 g/mol. The van der Waals surface area contributed by atoms with Gasteiger partial charge in [0.25, 0.3) is 0 Å². The lowest BCUT2D eigenvalue weighted by molar-refractivity contribution is -0.120. The van der Waals surface area contributed by atoms with Gasteiger partial charge in [-0.1, -0.05) is 13.0 Å². The first-order valence-electron chi connectivity index (χ1n) is 11.0. The average Bonchev–Trinajstić information content (AvgIpc) is 3.20. The lowest BCUT2D eigenvalue weighted by Crippen LogP contribution is -2.16. The molecule has 8 heteroatoms. The average molecular weight is 463 g/mol. The third-order valence-electron chi connectivity index (χ3n) is 5.91. The molecule has 1 aliphatic carbocycles. The van der Waals surface area contributed by atoms with E-state index in [1.165, 1.54) is 12.1 Å². The van der Waals surface area contributed by atoms with Gasteiger partial charge in [-0.25, -0.2) is 17.8 Å². The number of nitrogens with one attached hydrogen (secondary N) is 1. The number of nitrogens with zero attached hydrogens (tertiary/aromatic N) is 1. The van der Waals surface area contributed by atoms with Gasteiger partial charge in [-0.2, -0.15) is 0 Å². The number of hydrogen-bond donors (Lipinski definition) is 1. The van der Waals surface area contributed by atoms with Gasteiger partial charge in [0.2, 0.25) is 15.9 Å². The first-order chi connectivity index (χ1) is 15.0. The first kappa shape index (κ1) is 24.2. The number of sulfonamides is 1. The number of ether oxygens (including phenoxy) is 1. The van der Waals surface area contributed by atoms with Crippen LogP contribution in [0.3, 0.4) is 0 Å². The van der Waals surface area contributed by atoms with Crippen LogP contribution in [0, 0.1) is 19.7 Å². The van der Waals surface area contributed by atoms with E-state index >= 15 is 0 Å². The van der Waals surface area contributed by atoms with Gasteiger partial charge in [-0.3, -0.25) is 9.52 Å².